The zero-order chi connectivity index (χ0) is 14.7. The van der Waals surface area contributed by atoms with Gasteiger partial charge in [-0.1, -0.05) is 26.2 Å². The summed E-state index contributed by atoms with van der Waals surface area (Å²) in [5, 5.41) is 7.03. The van der Waals surface area contributed by atoms with Crippen molar-refractivity contribution < 1.29 is 4.79 Å². The van der Waals surface area contributed by atoms with Gasteiger partial charge >= 0.3 is 0 Å². The van der Waals surface area contributed by atoms with Gasteiger partial charge in [0, 0.05) is 19.0 Å². The fourth-order valence-corrected chi connectivity index (χ4v) is 3.30. The second kappa shape index (κ2) is 6.58. The number of nitrogens with zero attached hydrogens (tertiary/aromatic N) is 3. The molecule has 2 aliphatic carbocycles. The van der Waals surface area contributed by atoms with Crippen LogP contribution < -0.4 is 0 Å². The van der Waals surface area contributed by atoms with Crippen LogP contribution >= 0.6 is 0 Å². The van der Waals surface area contributed by atoms with E-state index in [9.17, 15) is 4.79 Å². The van der Waals surface area contributed by atoms with Gasteiger partial charge in [-0.05, 0) is 38.0 Å². The second-order valence-corrected chi connectivity index (χ2v) is 6.55. The highest BCUT2D eigenvalue weighted by atomic mass is 16.2. The molecule has 1 aromatic rings. The van der Waals surface area contributed by atoms with E-state index in [0.717, 1.165) is 38.1 Å². The molecule has 0 aliphatic heterocycles. The zero-order valence-electron chi connectivity index (χ0n) is 13.0. The van der Waals surface area contributed by atoms with E-state index < -0.39 is 0 Å². The average molecular weight is 290 g/mol. The molecule has 0 radical (unpaired) electrons. The van der Waals surface area contributed by atoms with Crippen LogP contribution in [0.1, 0.15) is 74.7 Å². The maximum Gasteiger partial charge on any atom is 0.293 e. The predicted molar refractivity (Wildman–Crippen MR) is 81.0 cm³/mol. The molecule has 1 N–H and O–H groups in total. The predicted octanol–water partition coefficient (Wildman–Crippen LogP) is 2.94. The Morgan fingerprint density at radius 2 is 2.00 bits per heavy atom. The number of carbonyl (C=O) groups is 1. The lowest BCUT2D eigenvalue weighted by Crippen LogP contribution is -2.38. The summed E-state index contributed by atoms with van der Waals surface area (Å²) in [5.74, 6) is 1.90. The Kier molecular flexibility index (Phi) is 4.56. The van der Waals surface area contributed by atoms with Crippen molar-refractivity contribution in [2.75, 3.05) is 6.54 Å². The Bertz CT molecular complexity index is 474. The van der Waals surface area contributed by atoms with Crippen LogP contribution in [0, 0.1) is 5.92 Å². The van der Waals surface area contributed by atoms with Crippen molar-refractivity contribution >= 4 is 5.91 Å². The van der Waals surface area contributed by atoms with Crippen LogP contribution in [0.2, 0.25) is 0 Å². The lowest BCUT2D eigenvalue weighted by molar-refractivity contribution is 0.0687. The minimum atomic E-state index is 0.0293. The van der Waals surface area contributed by atoms with Crippen molar-refractivity contribution in [2.24, 2.45) is 5.92 Å². The van der Waals surface area contributed by atoms with E-state index in [0.29, 0.717) is 17.8 Å². The minimum Gasteiger partial charge on any atom is -0.333 e. The Balaban J connectivity index is 1.65. The molecular formula is C16H26N4O. The lowest BCUT2D eigenvalue weighted by Gasteiger charge is -2.29. The molecular weight excluding hydrogens is 264 g/mol. The fourth-order valence-electron chi connectivity index (χ4n) is 3.30. The standard InChI is InChI=1S/C16H26N4O/c1-2-6-14-17-15(19-18-14)16(21)20(13-9-10-13)11-12-7-4-3-5-8-12/h12-13H,2-11H2,1H3,(H,17,18,19). The van der Waals surface area contributed by atoms with Crippen molar-refractivity contribution in [2.45, 2.75) is 70.8 Å². The smallest absolute Gasteiger partial charge is 0.293 e. The van der Waals surface area contributed by atoms with E-state index >= 15 is 0 Å². The van der Waals surface area contributed by atoms with Crippen LogP contribution in [-0.4, -0.2) is 38.6 Å². The molecule has 0 atom stereocenters. The summed E-state index contributed by atoms with van der Waals surface area (Å²) >= 11 is 0. The van der Waals surface area contributed by atoms with Crippen LogP contribution in [-0.2, 0) is 6.42 Å². The first-order chi connectivity index (χ1) is 10.3. The van der Waals surface area contributed by atoms with Gasteiger partial charge in [0.05, 0.1) is 0 Å². The van der Waals surface area contributed by atoms with Crippen LogP contribution in [0.15, 0.2) is 0 Å². The Labute approximate surface area is 126 Å². The summed E-state index contributed by atoms with van der Waals surface area (Å²) in [4.78, 5) is 19.1. The quantitative estimate of drug-likeness (QED) is 0.876. The van der Waals surface area contributed by atoms with E-state index in [2.05, 4.69) is 27.0 Å². The molecule has 116 valence electrons. The highest BCUT2D eigenvalue weighted by Gasteiger charge is 2.36. The van der Waals surface area contributed by atoms with E-state index in [4.69, 9.17) is 0 Å². The number of nitrogens with one attached hydrogen (secondary N) is 1. The van der Waals surface area contributed by atoms with Gasteiger partial charge in [-0.3, -0.25) is 9.89 Å². The van der Waals surface area contributed by atoms with Gasteiger partial charge < -0.3 is 4.90 Å². The Morgan fingerprint density at radius 3 is 2.67 bits per heavy atom. The maximum absolute atomic E-state index is 12.7. The van der Waals surface area contributed by atoms with E-state index in [1.807, 2.05) is 0 Å². The lowest BCUT2D eigenvalue weighted by atomic mass is 9.89. The van der Waals surface area contributed by atoms with Gasteiger partial charge in [0.2, 0.25) is 5.82 Å². The number of aromatic nitrogens is 3. The van der Waals surface area contributed by atoms with Crippen molar-refractivity contribution in [3.63, 3.8) is 0 Å². The Hall–Kier alpha value is -1.39. The van der Waals surface area contributed by atoms with Crippen molar-refractivity contribution in [1.29, 1.82) is 0 Å². The van der Waals surface area contributed by atoms with Gasteiger partial charge in [-0.25, -0.2) is 4.98 Å². The van der Waals surface area contributed by atoms with Gasteiger partial charge in [-0.2, -0.15) is 0 Å². The topological polar surface area (TPSA) is 61.9 Å². The summed E-state index contributed by atoms with van der Waals surface area (Å²) in [6.07, 6.45) is 10.7. The number of amides is 1. The number of H-pyrrole nitrogens is 1. The first-order valence-corrected chi connectivity index (χ1v) is 8.50. The molecule has 5 heteroatoms. The van der Waals surface area contributed by atoms with Gasteiger partial charge in [0.1, 0.15) is 5.82 Å². The molecule has 1 aromatic heterocycles. The molecule has 5 nitrogen and oxygen atoms in total. The molecule has 0 aromatic carbocycles. The highest BCUT2D eigenvalue weighted by Crippen LogP contribution is 2.32. The summed E-state index contributed by atoms with van der Waals surface area (Å²) < 4.78 is 0. The molecule has 2 saturated carbocycles. The van der Waals surface area contributed by atoms with Gasteiger partial charge in [0.25, 0.3) is 5.91 Å². The van der Waals surface area contributed by atoms with Gasteiger partial charge in [-0.15, -0.1) is 5.10 Å². The molecule has 0 spiro atoms. The molecule has 21 heavy (non-hydrogen) atoms. The average Bonchev–Trinajstić information content (AvgIpc) is 3.25. The third-order valence-corrected chi connectivity index (χ3v) is 4.64. The molecule has 0 unspecified atom stereocenters. The SMILES string of the molecule is CCCc1nc(C(=O)N(CC2CCCCC2)C2CC2)n[nH]1. The number of rotatable bonds is 6. The third kappa shape index (κ3) is 3.63. The first kappa shape index (κ1) is 14.5. The monoisotopic (exact) mass is 290 g/mol. The molecule has 1 amide bonds. The minimum absolute atomic E-state index is 0.0293. The zero-order valence-corrected chi connectivity index (χ0v) is 13.0. The third-order valence-electron chi connectivity index (χ3n) is 4.64. The molecule has 2 aliphatic rings. The summed E-state index contributed by atoms with van der Waals surface area (Å²) in [6, 6.07) is 0.438. The largest absolute Gasteiger partial charge is 0.333 e. The van der Waals surface area contributed by atoms with Crippen molar-refractivity contribution in [3.8, 4) is 0 Å². The summed E-state index contributed by atoms with van der Waals surface area (Å²) in [7, 11) is 0. The van der Waals surface area contributed by atoms with Crippen molar-refractivity contribution in [3.05, 3.63) is 11.6 Å². The second-order valence-electron chi connectivity index (χ2n) is 6.55. The van der Waals surface area contributed by atoms with Crippen LogP contribution in [0.5, 0.6) is 0 Å². The summed E-state index contributed by atoms with van der Waals surface area (Å²) in [5.41, 5.74) is 0. The van der Waals surface area contributed by atoms with Gasteiger partial charge in [0.15, 0.2) is 0 Å². The fraction of sp³-hybridized carbons (Fsp3) is 0.812. The first-order valence-electron chi connectivity index (χ1n) is 8.50. The van der Waals surface area contributed by atoms with Crippen molar-refractivity contribution in [1.82, 2.24) is 20.1 Å². The molecule has 3 rings (SSSR count). The van der Waals surface area contributed by atoms with E-state index in [1.165, 1.54) is 32.1 Å². The molecule has 2 fully saturated rings. The van der Waals surface area contributed by atoms with E-state index in [-0.39, 0.29) is 5.91 Å². The number of hydrogen-bond acceptors (Lipinski definition) is 3. The van der Waals surface area contributed by atoms with Crippen LogP contribution in [0.25, 0.3) is 0 Å². The molecule has 0 bridgehead atoms. The number of hydrogen-bond donors (Lipinski definition) is 1. The normalized spacial score (nSPS) is 19.7. The van der Waals surface area contributed by atoms with Crippen LogP contribution in [0.3, 0.4) is 0 Å². The van der Waals surface area contributed by atoms with Crippen LogP contribution in [0.4, 0.5) is 0 Å². The number of aromatic amines is 1. The molecule has 0 saturated heterocycles. The Morgan fingerprint density at radius 1 is 1.24 bits per heavy atom. The van der Waals surface area contributed by atoms with E-state index in [1.54, 1.807) is 0 Å². The highest BCUT2D eigenvalue weighted by molar-refractivity contribution is 5.90. The maximum atomic E-state index is 12.7. The number of carbonyl (C=O) groups excluding carboxylic acids is 1. The summed E-state index contributed by atoms with van der Waals surface area (Å²) in [6.45, 7) is 3.00. The number of aryl methyl sites for hydroxylation is 1. The molecule has 1 heterocycles.